The molecule has 1 aromatic carbocycles. The molecule has 29 heavy (non-hydrogen) atoms. The minimum absolute atomic E-state index is 0. The standard InChI is InChI=1S/C20H29N5O2S.HI/c1-20(2)16-25(13-14-28(20,26)27)19(21-3)23-15-18-22-10-12-24(18)11-9-17-7-5-4-6-8-17;/h4-8,10,12H,9,11,13-16H2,1-3H3,(H,21,23);1H. The number of nitrogens with one attached hydrogen (secondary N) is 1. The van der Waals surface area contributed by atoms with Crippen LogP contribution in [0.1, 0.15) is 25.2 Å². The first kappa shape index (κ1) is 23.7. The number of aryl methyl sites for hydroxylation is 2. The molecule has 1 saturated heterocycles. The number of aromatic nitrogens is 2. The van der Waals surface area contributed by atoms with Gasteiger partial charge in [-0.15, -0.1) is 24.0 Å². The van der Waals surface area contributed by atoms with Crippen molar-refractivity contribution in [1.29, 1.82) is 0 Å². The van der Waals surface area contributed by atoms with E-state index in [0.29, 0.717) is 25.6 Å². The first-order chi connectivity index (χ1) is 13.3. The summed E-state index contributed by atoms with van der Waals surface area (Å²) in [5.41, 5.74) is 1.29. The Labute approximate surface area is 190 Å². The third-order valence-electron chi connectivity index (χ3n) is 5.25. The van der Waals surface area contributed by atoms with E-state index in [0.717, 1.165) is 18.8 Å². The topological polar surface area (TPSA) is 79.6 Å². The molecular formula is C20H30IN5O2S. The molecule has 1 aromatic heterocycles. The predicted molar refractivity (Wildman–Crippen MR) is 127 cm³/mol. The lowest BCUT2D eigenvalue weighted by molar-refractivity contribution is 0.352. The molecule has 1 aliphatic heterocycles. The molecule has 9 heteroatoms. The second-order valence-electron chi connectivity index (χ2n) is 7.67. The van der Waals surface area contributed by atoms with E-state index in [1.807, 2.05) is 17.2 Å². The Hall–Kier alpha value is -1.62. The fourth-order valence-corrected chi connectivity index (χ4v) is 4.79. The quantitative estimate of drug-likeness (QED) is 0.364. The highest BCUT2D eigenvalue weighted by Gasteiger charge is 2.40. The lowest BCUT2D eigenvalue weighted by Gasteiger charge is -2.39. The second kappa shape index (κ2) is 9.92. The van der Waals surface area contributed by atoms with Crippen LogP contribution in [0.25, 0.3) is 0 Å². The van der Waals surface area contributed by atoms with Crippen LogP contribution in [0.3, 0.4) is 0 Å². The molecule has 0 radical (unpaired) electrons. The molecule has 2 heterocycles. The SMILES string of the molecule is CN=C(NCc1nccn1CCc1ccccc1)N1CCS(=O)(=O)C(C)(C)C1.I. The van der Waals surface area contributed by atoms with Crippen LogP contribution in [-0.2, 0) is 29.3 Å². The van der Waals surface area contributed by atoms with E-state index < -0.39 is 14.6 Å². The smallest absolute Gasteiger partial charge is 0.194 e. The highest BCUT2D eigenvalue weighted by Crippen LogP contribution is 2.23. The van der Waals surface area contributed by atoms with Gasteiger partial charge in [-0.3, -0.25) is 4.99 Å². The molecule has 0 aliphatic carbocycles. The molecule has 160 valence electrons. The molecule has 0 bridgehead atoms. The molecule has 3 rings (SSSR count). The van der Waals surface area contributed by atoms with Crippen LogP contribution >= 0.6 is 24.0 Å². The summed E-state index contributed by atoms with van der Waals surface area (Å²) in [7, 11) is -1.35. The van der Waals surface area contributed by atoms with Gasteiger partial charge < -0.3 is 14.8 Å². The molecule has 0 amide bonds. The number of hydrogen-bond acceptors (Lipinski definition) is 4. The number of benzene rings is 1. The summed E-state index contributed by atoms with van der Waals surface area (Å²) in [5, 5.41) is 3.34. The van der Waals surface area contributed by atoms with Crippen LogP contribution in [0.5, 0.6) is 0 Å². The van der Waals surface area contributed by atoms with Gasteiger partial charge in [0.2, 0.25) is 0 Å². The zero-order valence-corrected chi connectivity index (χ0v) is 20.4. The minimum Gasteiger partial charge on any atom is -0.349 e. The highest BCUT2D eigenvalue weighted by atomic mass is 127. The molecule has 1 fully saturated rings. The van der Waals surface area contributed by atoms with Crippen LogP contribution in [-0.4, -0.2) is 59.5 Å². The van der Waals surface area contributed by atoms with Crippen LogP contribution in [0.2, 0.25) is 0 Å². The largest absolute Gasteiger partial charge is 0.349 e. The van der Waals surface area contributed by atoms with E-state index in [2.05, 4.69) is 44.1 Å². The normalized spacial score (nSPS) is 18.2. The van der Waals surface area contributed by atoms with E-state index in [4.69, 9.17) is 0 Å². The molecule has 0 unspecified atom stereocenters. The fourth-order valence-electron chi connectivity index (χ4n) is 3.42. The summed E-state index contributed by atoms with van der Waals surface area (Å²) in [4.78, 5) is 10.8. The van der Waals surface area contributed by atoms with Crippen molar-refractivity contribution in [2.45, 2.75) is 38.1 Å². The van der Waals surface area contributed by atoms with Crippen molar-refractivity contribution in [2.24, 2.45) is 4.99 Å². The van der Waals surface area contributed by atoms with E-state index >= 15 is 0 Å². The lowest BCUT2D eigenvalue weighted by Crippen LogP contribution is -2.57. The van der Waals surface area contributed by atoms with E-state index in [9.17, 15) is 8.42 Å². The van der Waals surface area contributed by atoms with Crippen LogP contribution in [0.15, 0.2) is 47.7 Å². The first-order valence-electron chi connectivity index (χ1n) is 9.54. The molecule has 1 N–H and O–H groups in total. The molecule has 0 atom stereocenters. The third kappa shape index (κ3) is 5.71. The van der Waals surface area contributed by atoms with Crippen molar-refractivity contribution in [3.63, 3.8) is 0 Å². The van der Waals surface area contributed by atoms with Crippen LogP contribution in [0.4, 0.5) is 0 Å². The average molecular weight is 531 g/mol. The number of aliphatic imine (C=N–C) groups is 1. The Morgan fingerprint density at radius 2 is 2.00 bits per heavy atom. The lowest BCUT2D eigenvalue weighted by atomic mass is 10.1. The number of imidazole rings is 1. The van der Waals surface area contributed by atoms with Gasteiger partial charge >= 0.3 is 0 Å². The van der Waals surface area contributed by atoms with Gasteiger partial charge in [0.15, 0.2) is 15.8 Å². The van der Waals surface area contributed by atoms with Crippen LogP contribution in [0, 0.1) is 0 Å². The van der Waals surface area contributed by atoms with Gasteiger partial charge in [-0.05, 0) is 25.8 Å². The zero-order chi connectivity index (χ0) is 20.2. The third-order valence-corrected chi connectivity index (χ3v) is 7.78. The summed E-state index contributed by atoms with van der Waals surface area (Å²) < 4.78 is 25.8. The van der Waals surface area contributed by atoms with Gasteiger partial charge in [-0.2, -0.15) is 0 Å². The predicted octanol–water partition coefficient (Wildman–Crippen LogP) is 2.33. The summed E-state index contributed by atoms with van der Waals surface area (Å²) in [6, 6.07) is 10.4. The van der Waals surface area contributed by atoms with Crippen molar-refractivity contribution in [1.82, 2.24) is 19.8 Å². The van der Waals surface area contributed by atoms with E-state index in [-0.39, 0.29) is 29.7 Å². The Morgan fingerprint density at radius 3 is 2.66 bits per heavy atom. The van der Waals surface area contributed by atoms with Gasteiger partial charge in [0, 0.05) is 39.1 Å². The van der Waals surface area contributed by atoms with Crippen molar-refractivity contribution in [3.05, 3.63) is 54.1 Å². The van der Waals surface area contributed by atoms with Gasteiger partial charge in [0.25, 0.3) is 0 Å². The van der Waals surface area contributed by atoms with Gasteiger partial charge in [-0.1, -0.05) is 30.3 Å². The van der Waals surface area contributed by atoms with Crippen molar-refractivity contribution in [2.75, 3.05) is 25.9 Å². The molecule has 0 spiro atoms. The van der Waals surface area contributed by atoms with Crippen molar-refractivity contribution < 1.29 is 8.42 Å². The number of nitrogens with zero attached hydrogens (tertiary/aromatic N) is 4. The summed E-state index contributed by atoms with van der Waals surface area (Å²) in [5.74, 6) is 1.79. The van der Waals surface area contributed by atoms with Crippen molar-refractivity contribution in [3.8, 4) is 0 Å². The van der Waals surface area contributed by atoms with Crippen LogP contribution < -0.4 is 5.32 Å². The molecule has 1 aliphatic rings. The first-order valence-corrected chi connectivity index (χ1v) is 11.2. The fraction of sp³-hybridized carbons (Fsp3) is 0.500. The van der Waals surface area contributed by atoms with E-state index in [1.165, 1.54) is 5.56 Å². The molecule has 2 aromatic rings. The average Bonchev–Trinajstić information content (AvgIpc) is 3.11. The number of rotatable bonds is 5. The Morgan fingerprint density at radius 1 is 1.28 bits per heavy atom. The van der Waals surface area contributed by atoms with Gasteiger partial charge in [-0.25, -0.2) is 13.4 Å². The maximum Gasteiger partial charge on any atom is 0.194 e. The maximum absolute atomic E-state index is 12.2. The number of hydrogen-bond donors (Lipinski definition) is 1. The monoisotopic (exact) mass is 531 g/mol. The number of guanidine groups is 1. The van der Waals surface area contributed by atoms with Gasteiger partial charge in [0.05, 0.1) is 17.0 Å². The van der Waals surface area contributed by atoms with Gasteiger partial charge in [0.1, 0.15) is 5.82 Å². The minimum atomic E-state index is -3.08. The maximum atomic E-state index is 12.2. The summed E-state index contributed by atoms with van der Waals surface area (Å²) in [6.45, 7) is 5.83. The molecule has 7 nitrogen and oxygen atoms in total. The molecule has 0 saturated carbocycles. The summed E-state index contributed by atoms with van der Waals surface area (Å²) in [6.07, 6.45) is 4.73. The Kier molecular flexibility index (Phi) is 8.10. The highest BCUT2D eigenvalue weighted by molar-refractivity contribution is 14.0. The Bertz CT molecular complexity index is 925. The summed E-state index contributed by atoms with van der Waals surface area (Å²) >= 11 is 0. The zero-order valence-electron chi connectivity index (χ0n) is 17.2. The Balaban J connectivity index is 0.00000300. The second-order valence-corrected chi connectivity index (χ2v) is 10.4. The van der Waals surface area contributed by atoms with E-state index in [1.54, 1.807) is 27.1 Å². The number of halogens is 1. The number of sulfone groups is 1. The molecular weight excluding hydrogens is 501 g/mol. The van der Waals surface area contributed by atoms with Crippen molar-refractivity contribution >= 4 is 39.8 Å².